The second-order valence-corrected chi connectivity index (χ2v) is 6.03. The molecule has 0 spiro atoms. The summed E-state index contributed by atoms with van der Waals surface area (Å²) < 4.78 is 0.916. The predicted molar refractivity (Wildman–Crippen MR) is 88.2 cm³/mol. The molecule has 0 heterocycles. The molecule has 4 N–H and O–H groups in total. The molecular weight excluding hydrogens is 352 g/mol. The Morgan fingerprint density at radius 1 is 1.32 bits per heavy atom. The monoisotopic (exact) mass is 370 g/mol. The van der Waals surface area contributed by atoms with Gasteiger partial charge < -0.3 is 21.2 Å². The van der Waals surface area contributed by atoms with E-state index in [9.17, 15) is 9.59 Å². The molecule has 0 aromatic heterocycles. The number of carbonyl (C=O) groups excluding carboxylic acids is 2. The number of anilines is 1. The lowest BCUT2D eigenvalue weighted by atomic mass is 10.0. The molecule has 22 heavy (non-hydrogen) atoms. The number of rotatable bonds is 6. The number of amides is 2. The zero-order valence-corrected chi connectivity index (χ0v) is 14.2. The van der Waals surface area contributed by atoms with Crippen LogP contribution in [0, 0.1) is 0 Å². The second kappa shape index (κ2) is 7.79. The molecule has 1 rings (SSSR count). The molecule has 0 unspecified atom stereocenters. The van der Waals surface area contributed by atoms with E-state index in [1.807, 2.05) is 12.1 Å². The van der Waals surface area contributed by atoms with Crippen molar-refractivity contribution in [2.24, 2.45) is 10.9 Å². The lowest BCUT2D eigenvalue weighted by Gasteiger charge is -2.23. The van der Waals surface area contributed by atoms with Gasteiger partial charge in [0.15, 0.2) is 12.4 Å². The number of amidine groups is 1. The van der Waals surface area contributed by atoms with Gasteiger partial charge in [0.1, 0.15) is 0 Å². The average Bonchev–Trinajstić information content (AvgIpc) is 2.39. The Bertz CT molecular complexity index is 570. The lowest BCUT2D eigenvalue weighted by Crippen LogP contribution is -2.52. The summed E-state index contributed by atoms with van der Waals surface area (Å²) in [5, 5.41) is 8.93. The number of oxime groups is 1. The maximum absolute atomic E-state index is 11.7. The summed E-state index contributed by atoms with van der Waals surface area (Å²) in [7, 11) is 0. The van der Waals surface area contributed by atoms with E-state index >= 15 is 0 Å². The molecule has 2 amide bonds. The Kier molecular flexibility index (Phi) is 6.36. The third kappa shape index (κ3) is 6.13. The number of hydrogen-bond acceptors (Lipinski definition) is 4. The first kappa shape index (κ1) is 18.0. The lowest BCUT2D eigenvalue weighted by molar-refractivity contribution is -0.121. The number of nitrogens with two attached hydrogens (primary N) is 1. The van der Waals surface area contributed by atoms with Crippen LogP contribution < -0.4 is 16.4 Å². The van der Waals surface area contributed by atoms with Crippen molar-refractivity contribution in [2.45, 2.75) is 26.3 Å². The maximum atomic E-state index is 11.7. The third-order valence-corrected chi connectivity index (χ3v) is 3.14. The Hall–Kier alpha value is -2.09. The van der Waals surface area contributed by atoms with Gasteiger partial charge in [-0.3, -0.25) is 9.59 Å². The van der Waals surface area contributed by atoms with Gasteiger partial charge in [0.05, 0.1) is 5.54 Å². The molecule has 120 valence electrons. The van der Waals surface area contributed by atoms with E-state index in [4.69, 9.17) is 10.6 Å². The number of benzene rings is 1. The molecule has 8 heteroatoms. The van der Waals surface area contributed by atoms with Gasteiger partial charge in [-0.2, -0.15) is 0 Å². The number of carbonyl (C=O) groups is 2. The fraction of sp³-hybridized carbons (Fsp3) is 0.357. The smallest absolute Gasteiger partial charge is 0.265 e. The summed E-state index contributed by atoms with van der Waals surface area (Å²) in [5.74, 6) is -0.536. The molecule has 0 saturated heterocycles. The summed E-state index contributed by atoms with van der Waals surface area (Å²) in [6.07, 6.45) is 0. The van der Waals surface area contributed by atoms with E-state index in [-0.39, 0.29) is 24.3 Å². The van der Waals surface area contributed by atoms with Gasteiger partial charge in [-0.1, -0.05) is 21.1 Å². The van der Waals surface area contributed by atoms with Crippen LogP contribution in [0.1, 0.15) is 20.8 Å². The van der Waals surface area contributed by atoms with Gasteiger partial charge in [0.25, 0.3) is 5.91 Å². The van der Waals surface area contributed by atoms with Crippen LogP contribution in [0.4, 0.5) is 5.69 Å². The highest BCUT2D eigenvalue weighted by molar-refractivity contribution is 9.10. The van der Waals surface area contributed by atoms with E-state index in [0.717, 1.165) is 4.47 Å². The molecule has 0 aliphatic heterocycles. The molecule has 0 radical (unpaired) electrons. The fourth-order valence-electron chi connectivity index (χ4n) is 1.51. The van der Waals surface area contributed by atoms with Crippen LogP contribution >= 0.6 is 15.9 Å². The summed E-state index contributed by atoms with van der Waals surface area (Å²) in [5.41, 5.74) is 5.52. The van der Waals surface area contributed by atoms with Crippen LogP contribution in [0.3, 0.4) is 0 Å². The first-order valence-corrected chi connectivity index (χ1v) is 7.30. The average molecular weight is 371 g/mol. The first-order chi connectivity index (χ1) is 10.2. The Balaban J connectivity index is 2.48. The minimum atomic E-state index is -0.853. The summed E-state index contributed by atoms with van der Waals surface area (Å²) in [4.78, 5) is 27.6. The highest BCUT2D eigenvalue weighted by Gasteiger charge is 2.24. The highest BCUT2D eigenvalue weighted by Crippen LogP contribution is 2.13. The first-order valence-electron chi connectivity index (χ1n) is 6.51. The van der Waals surface area contributed by atoms with Crippen molar-refractivity contribution in [3.8, 4) is 0 Å². The molecule has 0 fully saturated rings. The van der Waals surface area contributed by atoms with E-state index in [1.54, 1.807) is 26.0 Å². The quantitative estimate of drug-likeness (QED) is 0.401. The summed E-state index contributed by atoms with van der Waals surface area (Å²) in [6.45, 7) is 4.45. The Labute approximate surface area is 137 Å². The molecular formula is C14H19BrN4O3. The van der Waals surface area contributed by atoms with Crippen LogP contribution in [0.25, 0.3) is 0 Å². The second-order valence-electron chi connectivity index (χ2n) is 5.11. The van der Waals surface area contributed by atoms with Crippen molar-refractivity contribution in [1.82, 2.24) is 5.32 Å². The number of nitrogens with zero attached hydrogens (tertiary/aromatic N) is 1. The van der Waals surface area contributed by atoms with Gasteiger partial charge in [0.2, 0.25) is 5.91 Å². The standard InChI is InChI=1S/C14H19BrN4O3/c1-9(20)18-14(2,3)13(16)19-22-8-12(21)17-11-6-4-10(15)5-7-11/h4-7H,8H2,1-3H3,(H2,16,19)(H,17,21)(H,18,20). The van der Waals surface area contributed by atoms with Crippen LogP contribution in [-0.2, 0) is 14.4 Å². The van der Waals surface area contributed by atoms with Gasteiger partial charge in [-0.15, -0.1) is 0 Å². The van der Waals surface area contributed by atoms with Crippen molar-refractivity contribution in [1.29, 1.82) is 0 Å². The Morgan fingerprint density at radius 3 is 2.45 bits per heavy atom. The van der Waals surface area contributed by atoms with Crippen molar-refractivity contribution in [3.63, 3.8) is 0 Å². The predicted octanol–water partition coefficient (Wildman–Crippen LogP) is 1.59. The van der Waals surface area contributed by atoms with Crippen LogP contribution in [0.2, 0.25) is 0 Å². The zero-order chi connectivity index (χ0) is 16.8. The summed E-state index contributed by atoms with van der Waals surface area (Å²) in [6, 6.07) is 7.12. The largest absolute Gasteiger partial charge is 0.384 e. The molecule has 0 atom stereocenters. The summed E-state index contributed by atoms with van der Waals surface area (Å²) >= 11 is 3.31. The number of hydrogen-bond donors (Lipinski definition) is 3. The van der Waals surface area contributed by atoms with Crippen molar-refractivity contribution in [2.75, 3.05) is 11.9 Å². The van der Waals surface area contributed by atoms with Gasteiger partial charge in [-0.25, -0.2) is 0 Å². The van der Waals surface area contributed by atoms with E-state index in [0.29, 0.717) is 5.69 Å². The van der Waals surface area contributed by atoms with Crippen molar-refractivity contribution < 1.29 is 14.4 Å². The number of nitrogens with one attached hydrogen (secondary N) is 2. The molecule has 1 aromatic carbocycles. The van der Waals surface area contributed by atoms with E-state index < -0.39 is 5.54 Å². The molecule has 7 nitrogen and oxygen atoms in total. The topological polar surface area (TPSA) is 106 Å². The highest BCUT2D eigenvalue weighted by atomic mass is 79.9. The van der Waals surface area contributed by atoms with Crippen molar-refractivity contribution >= 4 is 39.3 Å². The van der Waals surface area contributed by atoms with E-state index in [1.165, 1.54) is 6.92 Å². The maximum Gasteiger partial charge on any atom is 0.265 e. The minimum absolute atomic E-state index is 0.0686. The SMILES string of the molecule is CC(=O)NC(C)(C)/C(N)=N/OCC(=O)Nc1ccc(Br)cc1. The molecule has 0 aliphatic rings. The molecule has 0 aliphatic carbocycles. The van der Waals surface area contributed by atoms with Crippen LogP contribution in [0.5, 0.6) is 0 Å². The third-order valence-electron chi connectivity index (χ3n) is 2.62. The van der Waals surface area contributed by atoms with E-state index in [2.05, 4.69) is 31.7 Å². The zero-order valence-electron chi connectivity index (χ0n) is 12.6. The minimum Gasteiger partial charge on any atom is -0.384 e. The van der Waals surface area contributed by atoms with Crippen LogP contribution in [0.15, 0.2) is 33.9 Å². The van der Waals surface area contributed by atoms with Crippen molar-refractivity contribution in [3.05, 3.63) is 28.7 Å². The molecule has 0 saturated carbocycles. The fourth-order valence-corrected chi connectivity index (χ4v) is 1.77. The normalized spacial score (nSPS) is 11.7. The molecule has 1 aromatic rings. The van der Waals surface area contributed by atoms with Crippen LogP contribution in [-0.4, -0.2) is 29.8 Å². The number of halogens is 1. The molecule has 0 bridgehead atoms. The van der Waals surface area contributed by atoms with Gasteiger partial charge >= 0.3 is 0 Å². The Morgan fingerprint density at radius 2 is 1.91 bits per heavy atom. The van der Waals surface area contributed by atoms with Gasteiger partial charge in [0, 0.05) is 17.1 Å². The van der Waals surface area contributed by atoms with Gasteiger partial charge in [-0.05, 0) is 38.1 Å².